The molecule has 0 amide bonds. The predicted molar refractivity (Wildman–Crippen MR) is 75.6 cm³/mol. The number of ether oxygens (including phenoxy) is 2. The summed E-state index contributed by atoms with van der Waals surface area (Å²) in [4.78, 5) is 0. The lowest BCUT2D eigenvalue weighted by molar-refractivity contribution is 0.276. The SMILES string of the molecule is CCc1ccc(OCCNC(C)(C)C)c(OC)c1. The first-order valence-electron chi connectivity index (χ1n) is 6.51. The van der Waals surface area contributed by atoms with Crippen molar-refractivity contribution in [3.05, 3.63) is 23.8 Å². The fourth-order valence-corrected chi connectivity index (χ4v) is 1.64. The normalized spacial score (nSPS) is 11.4. The van der Waals surface area contributed by atoms with Gasteiger partial charge in [0.1, 0.15) is 6.61 Å². The average Bonchev–Trinajstić information content (AvgIpc) is 2.33. The molecular weight excluding hydrogens is 226 g/mol. The van der Waals surface area contributed by atoms with Crippen molar-refractivity contribution in [1.82, 2.24) is 5.32 Å². The van der Waals surface area contributed by atoms with E-state index in [0.29, 0.717) is 6.61 Å². The molecule has 0 aliphatic carbocycles. The molecular formula is C15H25NO2. The van der Waals surface area contributed by atoms with Crippen LogP contribution in [0, 0.1) is 0 Å². The molecule has 0 aliphatic heterocycles. The fourth-order valence-electron chi connectivity index (χ4n) is 1.64. The molecule has 0 aliphatic rings. The monoisotopic (exact) mass is 251 g/mol. The van der Waals surface area contributed by atoms with Gasteiger partial charge in [-0.2, -0.15) is 0 Å². The third-order valence-electron chi connectivity index (χ3n) is 2.65. The summed E-state index contributed by atoms with van der Waals surface area (Å²) in [7, 11) is 1.68. The number of hydrogen-bond donors (Lipinski definition) is 1. The van der Waals surface area contributed by atoms with Gasteiger partial charge in [-0.25, -0.2) is 0 Å². The summed E-state index contributed by atoms with van der Waals surface area (Å²) >= 11 is 0. The van der Waals surface area contributed by atoms with Gasteiger partial charge in [0, 0.05) is 12.1 Å². The van der Waals surface area contributed by atoms with Crippen molar-refractivity contribution >= 4 is 0 Å². The Morgan fingerprint density at radius 2 is 1.89 bits per heavy atom. The smallest absolute Gasteiger partial charge is 0.161 e. The van der Waals surface area contributed by atoms with E-state index in [1.807, 2.05) is 12.1 Å². The number of methoxy groups -OCH3 is 1. The molecule has 0 heterocycles. The molecule has 0 radical (unpaired) electrons. The van der Waals surface area contributed by atoms with Crippen molar-refractivity contribution in [1.29, 1.82) is 0 Å². The Kier molecular flexibility index (Phi) is 5.48. The predicted octanol–water partition coefficient (Wildman–Crippen LogP) is 3.02. The van der Waals surface area contributed by atoms with E-state index in [-0.39, 0.29) is 5.54 Å². The highest BCUT2D eigenvalue weighted by molar-refractivity contribution is 5.42. The number of rotatable bonds is 6. The molecule has 3 nitrogen and oxygen atoms in total. The van der Waals surface area contributed by atoms with Crippen LogP contribution in [0.2, 0.25) is 0 Å². The van der Waals surface area contributed by atoms with Gasteiger partial charge in [0.25, 0.3) is 0 Å². The molecule has 1 aromatic carbocycles. The van der Waals surface area contributed by atoms with E-state index in [0.717, 1.165) is 24.5 Å². The number of hydrogen-bond acceptors (Lipinski definition) is 3. The van der Waals surface area contributed by atoms with Crippen molar-refractivity contribution < 1.29 is 9.47 Å². The van der Waals surface area contributed by atoms with Gasteiger partial charge in [-0.3, -0.25) is 0 Å². The van der Waals surface area contributed by atoms with Gasteiger partial charge in [0.15, 0.2) is 11.5 Å². The Balaban J connectivity index is 2.51. The second kappa shape index (κ2) is 6.64. The minimum absolute atomic E-state index is 0.125. The summed E-state index contributed by atoms with van der Waals surface area (Å²) in [6.45, 7) is 10.0. The lowest BCUT2D eigenvalue weighted by Gasteiger charge is -2.20. The molecule has 1 aromatic rings. The summed E-state index contributed by atoms with van der Waals surface area (Å²) in [6, 6.07) is 6.09. The lowest BCUT2D eigenvalue weighted by atomic mass is 10.1. The first kappa shape index (κ1) is 14.8. The molecule has 1 rings (SSSR count). The van der Waals surface area contributed by atoms with Crippen LogP contribution in [-0.2, 0) is 6.42 Å². The summed E-state index contributed by atoms with van der Waals surface area (Å²) in [5.74, 6) is 1.62. The second-order valence-corrected chi connectivity index (χ2v) is 5.36. The highest BCUT2D eigenvalue weighted by Gasteiger charge is 2.09. The van der Waals surface area contributed by atoms with Crippen molar-refractivity contribution in [2.75, 3.05) is 20.3 Å². The van der Waals surface area contributed by atoms with Crippen LogP contribution in [0.15, 0.2) is 18.2 Å². The molecule has 0 unspecified atom stereocenters. The largest absolute Gasteiger partial charge is 0.493 e. The van der Waals surface area contributed by atoms with Crippen LogP contribution in [0.25, 0.3) is 0 Å². The Morgan fingerprint density at radius 1 is 1.17 bits per heavy atom. The van der Waals surface area contributed by atoms with Gasteiger partial charge >= 0.3 is 0 Å². The van der Waals surface area contributed by atoms with E-state index in [2.05, 4.69) is 39.1 Å². The standard InChI is InChI=1S/C15H25NO2/c1-6-12-7-8-13(14(11-12)17-5)18-10-9-16-15(2,3)4/h7-8,11,16H,6,9-10H2,1-5H3. The number of benzene rings is 1. The molecule has 0 fully saturated rings. The van der Waals surface area contributed by atoms with Crippen LogP contribution in [0.1, 0.15) is 33.3 Å². The van der Waals surface area contributed by atoms with Crippen molar-refractivity contribution in [3.8, 4) is 11.5 Å². The van der Waals surface area contributed by atoms with E-state index in [1.165, 1.54) is 5.56 Å². The minimum atomic E-state index is 0.125. The van der Waals surface area contributed by atoms with Gasteiger partial charge in [-0.1, -0.05) is 13.0 Å². The van der Waals surface area contributed by atoms with Crippen LogP contribution in [0.4, 0.5) is 0 Å². The molecule has 0 aromatic heterocycles. The van der Waals surface area contributed by atoms with Crippen LogP contribution in [-0.4, -0.2) is 25.8 Å². The molecule has 0 bridgehead atoms. The van der Waals surface area contributed by atoms with Crippen LogP contribution in [0.3, 0.4) is 0 Å². The maximum absolute atomic E-state index is 5.74. The minimum Gasteiger partial charge on any atom is -0.493 e. The maximum Gasteiger partial charge on any atom is 0.161 e. The molecule has 0 atom stereocenters. The molecule has 102 valence electrons. The summed E-state index contributed by atoms with van der Waals surface area (Å²) in [6.07, 6.45) is 1.00. The molecule has 0 spiro atoms. The molecule has 18 heavy (non-hydrogen) atoms. The summed E-state index contributed by atoms with van der Waals surface area (Å²) < 4.78 is 11.1. The van der Waals surface area contributed by atoms with Crippen molar-refractivity contribution in [2.24, 2.45) is 0 Å². The summed E-state index contributed by atoms with van der Waals surface area (Å²) in [5, 5.41) is 3.39. The van der Waals surface area contributed by atoms with Gasteiger partial charge in [0.05, 0.1) is 7.11 Å². The van der Waals surface area contributed by atoms with E-state index in [1.54, 1.807) is 7.11 Å². The van der Waals surface area contributed by atoms with Gasteiger partial charge in [0.2, 0.25) is 0 Å². The van der Waals surface area contributed by atoms with Crippen molar-refractivity contribution in [3.63, 3.8) is 0 Å². The maximum atomic E-state index is 5.74. The van der Waals surface area contributed by atoms with E-state index < -0.39 is 0 Å². The molecule has 0 saturated carbocycles. The first-order chi connectivity index (χ1) is 8.46. The van der Waals surface area contributed by atoms with E-state index in [9.17, 15) is 0 Å². The summed E-state index contributed by atoms with van der Waals surface area (Å²) in [5.41, 5.74) is 1.38. The first-order valence-corrected chi connectivity index (χ1v) is 6.51. The van der Waals surface area contributed by atoms with Crippen LogP contribution < -0.4 is 14.8 Å². The topological polar surface area (TPSA) is 30.5 Å². The third-order valence-corrected chi connectivity index (χ3v) is 2.65. The zero-order chi connectivity index (χ0) is 13.6. The molecule has 1 N–H and O–H groups in total. The van der Waals surface area contributed by atoms with Gasteiger partial charge < -0.3 is 14.8 Å². The van der Waals surface area contributed by atoms with Crippen LogP contribution >= 0.6 is 0 Å². The van der Waals surface area contributed by atoms with Crippen molar-refractivity contribution in [2.45, 2.75) is 39.7 Å². The number of aryl methyl sites for hydroxylation is 1. The number of nitrogens with one attached hydrogen (secondary N) is 1. The highest BCUT2D eigenvalue weighted by Crippen LogP contribution is 2.28. The highest BCUT2D eigenvalue weighted by atomic mass is 16.5. The molecule has 3 heteroatoms. The van der Waals surface area contributed by atoms with E-state index >= 15 is 0 Å². The Hall–Kier alpha value is -1.22. The zero-order valence-corrected chi connectivity index (χ0v) is 12.2. The second-order valence-electron chi connectivity index (χ2n) is 5.36. The Labute approximate surface area is 110 Å². The fraction of sp³-hybridized carbons (Fsp3) is 0.600. The zero-order valence-electron chi connectivity index (χ0n) is 12.2. The van der Waals surface area contributed by atoms with E-state index in [4.69, 9.17) is 9.47 Å². The van der Waals surface area contributed by atoms with Crippen LogP contribution in [0.5, 0.6) is 11.5 Å². The average molecular weight is 251 g/mol. The lowest BCUT2D eigenvalue weighted by Crippen LogP contribution is -2.38. The van der Waals surface area contributed by atoms with Gasteiger partial charge in [-0.05, 0) is 44.9 Å². The quantitative estimate of drug-likeness (QED) is 0.788. The third kappa shape index (κ3) is 4.96. The molecule has 0 saturated heterocycles. The Morgan fingerprint density at radius 3 is 2.44 bits per heavy atom. The van der Waals surface area contributed by atoms with Gasteiger partial charge in [-0.15, -0.1) is 0 Å². The Bertz CT molecular complexity index is 369.